The fourth-order valence-electron chi connectivity index (χ4n) is 3.82. The van der Waals surface area contributed by atoms with Gasteiger partial charge in [0.1, 0.15) is 0 Å². The predicted octanol–water partition coefficient (Wildman–Crippen LogP) is 2.84. The maximum absolute atomic E-state index is 12.2. The molecule has 156 valence electrons. The highest BCUT2D eigenvalue weighted by atomic mass is 35.5. The van der Waals surface area contributed by atoms with Crippen molar-refractivity contribution < 1.29 is 14.5 Å². The van der Waals surface area contributed by atoms with Crippen molar-refractivity contribution in [3.63, 3.8) is 0 Å². The van der Waals surface area contributed by atoms with Crippen LogP contribution >= 0.6 is 11.6 Å². The molecule has 0 saturated heterocycles. The van der Waals surface area contributed by atoms with Gasteiger partial charge in [0, 0.05) is 35.1 Å². The molecule has 4 aromatic rings. The summed E-state index contributed by atoms with van der Waals surface area (Å²) in [6.45, 7) is 0. The quantitative estimate of drug-likeness (QED) is 0.432. The van der Waals surface area contributed by atoms with E-state index < -0.39 is 12.0 Å². The molecular formula is C20H16ClN7O3. The minimum absolute atomic E-state index is 0.0939. The van der Waals surface area contributed by atoms with Crippen LogP contribution in [0.4, 0.5) is 11.5 Å². The van der Waals surface area contributed by atoms with E-state index in [2.05, 4.69) is 30.2 Å². The van der Waals surface area contributed by atoms with Gasteiger partial charge in [-0.2, -0.15) is 0 Å². The van der Waals surface area contributed by atoms with Gasteiger partial charge in [0.2, 0.25) is 11.5 Å². The maximum Gasteiger partial charge on any atom is 0.281 e. The second-order valence-corrected chi connectivity index (χ2v) is 7.51. The van der Waals surface area contributed by atoms with E-state index >= 15 is 0 Å². The first-order valence-corrected chi connectivity index (χ1v) is 9.73. The van der Waals surface area contributed by atoms with Crippen molar-refractivity contribution in [1.82, 2.24) is 24.8 Å². The third-order valence-corrected chi connectivity index (χ3v) is 5.61. The van der Waals surface area contributed by atoms with Gasteiger partial charge in [0.05, 0.1) is 30.4 Å². The van der Waals surface area contributed by atoms with Crippen molar-refractivity contribution >= 4 is 29.0 Å². The molecule has 2 unspecified atom stereocenters. The van der Waals surface area contributed by atoms with Crippen LogP contribution in [0.15, 0.2) is 53.8 Å². The van der Waals surface area contributed by atoms with Crippen LogP contribution in [0, 0.1) is 0 Å². The number of hydrogen-bond donors (Lipinski definition) is 3. The molecule has 2 atom stereocenters. The lowest BCUT2D eigenvalue weighted by Gasteiger charge is -2.20. The number of fused-ring (bicyclic) bond motifs is 3. The predicted molar refractivity (Wildman–Crippen MR) is 111 cm³/mol. The Morgan fingerprint density at radius 2 is 2.16 bits per heavy atom. The van der Waals surface area contributed by atoms with Gasteiger partial charge in [0.25, 0.3) is 5.91 Å². The lowest BCUT2D eigenvalue weighted by molar-refractivity contribution is 0.101. The first-order valence-electron chi connectivity index (χ1n) is 9.36. The molecule has 11 heteroatoms. The smallest absolute Gasteiger partial charge is 0.281 e. The van der Waals surface area contributed by atoms with Crippen molar-refractivity contribution in [3.05, 3.63) is 71.0 Å². The minimum Gasteiger partial charge on any atom is -0.388 e. The Bertz CT molecular complexity index is 1290. The van der Waals surface area contributed by atoms with Crippen molar-refractivity contribution in [2.45, 2.75) is 18.6 Å². The van der Waals surface area contributed by atoms with Gasteiger partial charge in [-0.1, -0.05) is 17.7 Å². The minimum atomic E-state index is -0.841. The molecule has 0 fully saturated rings. The molecule has 1 aliphatic heterocycles. The number of nitrogens with two attached hydrogens (primary N) is 1. The van der Waals surface area contributed by atoms with Crippen LogP contribution in [0.25, 0.3) is 11.3 Å². The number of hydrogen-bond acceptors (Lipinski definition) is 8. The van der Waals surface area contributed by atoms with E-state index in [0.29, 0.717) is 22.7 Å². The molecule has 31 heavy (non-hydrogen) atoms. The molecule has 1 amide bonds. The SMILES string of the molecule is Nc1nonc1C(=O)Nc1ccc(C(O)CC2c3ccncc3-c3cncn32)c(Cl)c1. The van der Waals surface area contributed by atoms with Gasteiger partial charge in [0.15, 0.2) is 0 Å². The molecule has 1 aliphatic rings. The van der Waals surface area contributed by atoms with Gasteiger partial charge in [-0.15, -0.1) is 0 Å². The number of imidazole rings is 1. The highest BCUT2D eigenvalue weighted by Crippen LogP contribution is 2.43. The molecule has 0 spiro atoms. The van der Waals surface area contributed by atoms with Gasteiger partial charge < -0.3 is 20.7 Å². The Balaban J connectivity index is 1.35. The first kappa shape index (κ1) is 19.2. The normalized spacial score (nSPS) is 15.4. The number of carbonyl (C=O) groups excluding carboxylic acids is 1. The number of benzene rings is 1. The van der Waals surface area contributed by atoms with E-state index in [1.807, 2.05) is 10.6 Å². The number of pyridine rings is 1. The lowest BCUT2D eigenvalue weighted by Crippen LogP contribution is -2.14. The standard InChI is InChI=1S/C20H16ClN7O3/c21-14-5-10(25-20(30)18-19(22)27-31-26-18)1-2-12(14)17(29)6-15-11-3-4-23-7-13(11)16-8-24-9-28(15)16/h1-5,7-9,15,17,29H,6H2,(H2,22,27)(H,25,30). The van der Waals surface area contributed by atoms with E-state index in [1.165, 1.54) is 0 Å². The van der Waals surface area contributed by atoms with Crippen LogP contribution in [0.1, 0.15) is 40.2 Å². The second kappa shape index (κ2) is 7.49. The van der Waals surface area contributed by atoms with Crippen LogP contribution in [0.5, 0.6) is 0 Å². The van der Waals surface area contributed by atoms with Crippen molar-refractivity contribution in [3.8, 4) is 11.3 Å². The Morgan fingerprint density at radius 1 is 1.29 bits per heavy atom. The number of carbonyl (C=O) groups is 1. The summed E-state index contributed by atoms with van der Waals surface area (Å²) in [5.41, 5.74) is 9.42. The van der Waals surface area contributed by atoms with Crippen LogP contribution < -0.4 is 11.1 Å². The zero-order valence-corrected chi connectivity index (χ0v) is 16.7. The molecule has 5 rings (SSSR count). The summed E-state index contributed by atoms with van der Waals surface area (Å²) >= 11 is 6.42. The largest absolute Gasteiger partial charge is 0.388 e. The molecule has 4 heterocycles. The molecule has 0 aliphatic carbocycles. The number of aromatic nitrogens is 5. The summed E-state index contributed by atoms with van der Waals surface area (Å²) in [5, 5.41) is 20.7. The van der Waals surface area contributed by atoms with E-state index in [4.69, 9.17) is 17.3 Å². The van der Waals surface area contributed by atoms with E-state index in [1.54, 1.807) is 43.1 Å². The summed E-state index contributed by atoms with van der Waals surface area (Å²) < 4.78 is 6.45. The Labute approximate surface area is 180 Å². The van der Waals surface area contributed by atoms with Gasteiger partial charge >= 0.3 is 0 Å². The summed E-state index contributed by atoms with van der Waals surface area (Å²) in [5.74, 6) is -0.687. The van der Waals surface area contributed by atoms with Gasteiger partial charge in [-0.05, 0) is 39.6 Å². The molecule has 0 radical (unpaired) electrons. The number of halogens is 1. The number of nitrogens with zero attached hydrogens (tertiary/aromatic N) is 5. The highest BCUT2D eigenvalue weighted by Gasteiger charge is 2.31. The molecule has 10 nitrogen and oxygen atoms in total. The fraction of sp³-hybridized carbons (Fsp3) is 0.150. The first-order chi connectivity index (χ1) is 15.0. The zero-order chi connectivity index (χ0) is 21.5. The Morgan fingerprint density at radius 3 is 2.94 bits per heavy atom. The number of anilines is 2. The number of aliphatic hydroxyl groups excluding tert-OH is 1. The van der Waals surface area contributed by atoms with Gasteiger partial charge in [-0.3, -0.25) is 9.78 Å². The molecular weight excluding hydrogens is 422 g/mol. The number of rotatable bonds is 5. The third-order valence-electron chi connectivity index (χ3n) is 5.28. The molecule has 0 saturated carbocycles. The monoisotopic (exact) mass is 437 g/mol. The number of nitrogens with one attached hydrogen (secondary N) is 1. The average molecular weight is 438 g/mol. The number of aliphatic hydroxyl groups is 1. The summed E-state index contributed by atoms with van der Waals surface area (Å²) in [4.78, 5) is 20.6. The van der Waals surface area contributed by atoms with Crippen molar-refractivity contribution in [1.29, 1.82) is 0 Å². The molecule has 1 aromatic carbocycles. The zero-order valence-electron chi connectivity index (χ0n) is 15.9. The van der Waals surface area contributed by atoms with Crippen molar-refractivity contribution in [2.75, 3.05) is 11.1 Å². The van der Waals surface area contributed by atoms with Crippen LogP contribution in [-0.4, -0.2) is 35.9 Å². The Kier molecular flexibility index (Phi) is 4.64. The second-order valence-electron chi connectivity index (χ2n) is 7.10. The fourth-order valence-corrected chi connectivity index (χ4v) is 4.13. The summed E-state index contributed by atoms with van der Waals surface area (Å²) in [7, 11) is 0. The summed E-state index contributed by atoms with van der Waals surface area (Å²) in [6, 6.07) is 6.72. The van der Waals surface area contributed by atoms with Crippen LogP contribution in [-0.2, 0) is 0 Å². The summed E-state index contributed by atoms with van der Waals surface area (Å²) in [6.07, 6.45) is 6.63. The highest BCUT2D eigenvalue weighted by molar-refractivity contribution is 6.31. The van der Waals surface area contributed by atoms with E-state index in [9.17, 15) is 9.90 Å². The number of amides is 1. The third kappa shape index (κ3) is 3.31. The number of nitrogen functional groups attached to an aromatic ring is 1. The van der Waals surface area contributed by atoms with Crippen LogP contribution in [0.2, 0.25) is 5.02 Å². The van der Waals surface area contributed by atoms with E-state index in [0.717, 1.165) is 16.8 Å². The molecule has 4 N–H and O–H groups in total. The molecule has 0 bridgehead atoms. The van der Waals surface area contributed by atoms with Crippen molar-refractivity contribution in [2.24, 2.45) is 0 Å². The average Bonchev–Trinajstić information content (AvgIpc) is 3.46. The topological polar surface area (TPSA) is 145 Å². The van der Waals surface area contributed by atoms with Crippen LogP contribution in [0.3, 0.4) is 0 Å². The van der Waals surface area contributed by atoms with Gasteiger partial charge in [-0.25, -0.2) is 9.61 Å². The molecule has 3 aromatic heterocycles. The van der Waals surface area contributed by atoms with E-state index in [-0.39, 0.29) is 17.6 Å². The Hall–Kier alpha value is -3.76. The lowest BCUT2D eigenvalue weighted by atomic mass is 9.96. The maximum atomic E-state index is 12.2.